The molecule has 0 unspecified atom stereocenters. The number of benzene rings is 2. The van der Waals surface area contributed by atoms with Gasteiger partial charge in [0.15, 0.2) is 11.6 Å². The normalized spacial score (nSPS) is 18.0. The van der Waals surface area contributed by atoms with Crippen LogP contribution in [0, 0.1) is 17.6 Å². The molecule has 5 nitrogen and oxygen atoms in total. The van der Waals surface area contributed by atoms with E-state index in [0.717, 1.165) is 81.1 Å². The number of likely N-dealkylation sites (tertiary alicyclic amines) is 1. The summed E-state index contributed by atoms with van der Waals surface area (Å²) in [5.41, 5.74) is 3.29. The van der Waals surface area contributed by atoms with Crippen LogP contribution in [0.2, 0.25) is 5.02 Å². The summed E-state index contributed by atoms with van der Waals surface area (Å²) in [6.45, 7) is 5.54. The predicted octanol–water partition coefficient (Wildman–Crippen LogP) is 5.70. The summed E-state index contributed by atoms with van der Waals surface area (Å²) < 4.78 is 27.0. The topological polar surface area (TPSA) is 51.4 Å². The summed E-state index contributed by atoms with van der Waals surface area (Å²) in [6.07, 6.45) is 5.19. The fraction of sp³-hybridized carbons (Fsp3) is 0.444. The average Bonchev–Trinajstić information content (AvgIpc) is 3.29. The van der Waals surface area contributed by atoms with Crippen molar-refractivity contribution >= 4 is 34.1 Å². The van der Waals surface area contributed by atoms with Crippen LogP contribution in [0.4, 0.5) is 14.5 Å². The van der Waals surface area contributed by atoms with Gasteiger partial charge in [-0.15, -0.1) is 0 Å². The monoisotopic (exact) mass is 500 g/mol. The third-order valence-corrected chi connectivity index (χ3v) is 7.62. The summed E-state index contributed by atoms with van der Waals surface area (Å²) >= 11 is 6.17. The number of nitrogens with zero attached hydrogens (tertiary/aromatic N) is 2. The van der Waals surface area contributed by atoms with Crippen molar-refractivity contribution in [3.05, 3.63) is 64.3 Å². The van der Waals surface area contributed by atoms with Gasteiger partial charge in [-0.3, -0.25) is 4.79 Å². The van der Waals surface area contributed by atoms with Crippen LogP contribution in [-0.2, 0) is 6.42 Å². The minimum atomic E-state index is -0.917. The molecule has 5 rings (SSSR count). The number of fused-ring (bicyclic) bond motifs is 2. The quantitative estimate of drug-likeness (QED) is 0.483. The van der Waals surface area contributed by atoms with E-state index in [1.807, 2.05) is 17.0 Å². The Morgan fingerprint density at radius 2 is 1.83 bits per heavy atom. The second-order valence-corrected chi connectivity index (χ2v) is 10.2. The number of H-pyrrole nitrogens is 1. The fourth-order valence-electron chi connectivity index (χ4n) is 5.27. The molecule has 1 saturated heterocycles. The second kappa shape index (κ2) is 10.5. The molecule has 2 aliphatic rings. The Balaban J connectivity index is 1.12. The first kappa shape index (κ1) is 24.1. The number of hydrogen-bond acceptors (Lipinski definition) is 3. The van der Waals surface area contributed by atoms with Gasteiger partial charge in [0.1, 0.15) is 5.69 Å². The van der Waals surface area contributed by atoms with Crippen molar-refractivity contribution < 1.29 is 13.6 Å². The average molecular weight is 501 g/mol. The van der Waals surface area contributed by atoms with Crippen LogP contribution in [-0.4, -0.2) is 60.0 Å². The first-order valence-electron chi connectivity index (χ1n) is 12.5. The molecule has 3 aromatic rings. The van der Waals surface area contributed by atoms with Crippen LogP contribution >= 0.6 is 11.6 Å². The number of anilines is 1. The number of carbonyl (C=O) groups is 1. The van der Waals surface area contributed by atoms with E-state index < -0.39 is 11.6 Å². The number of aromatic nitrogens is 1. The fourth-order valence-corrected chi connectivity index (χ4v) is 5.45. The molecule has 35 heavy (non-hydrogen) atoms. The Morgan fingerprint density at radius 1 is 1.03 bits per heavy atom. The summed E-state index contributed by atoms with van der Waals surface area (Å²) in [4.78, 5) is 20.3. The highest BCUT2D eigenvalue weighted by Crippen LogP contribution is 2.26. The van der Waals surface area contributed by atoms with Crippen LogP contribution in [0.3, 0.4) is 0 Å². The van der Waals surface area contributed by atoms with Crippen LogP contribution in [0.25, 0.3) is 10.9 Å². The number of amides is 1. The molecule has 186 valence electrons. The zero-order valence-corrected chi connectivity index (χ0v) is 20.5. The van der Waals surface area contributed by atoms with Crippen LogP contribution in [0.15, 0.2) is 36.4 Å². The third-order valence-electron chi connectivity index (χ3n) is 7.38. The maximum Gasteiger partial charge on any atom is 0.270 e. The van der Waals surface area contributed by atoms with Crippen LogP contribution in [0.5, 0.6) is 0 Å². The molecule has 0 saturated carbocycles. The van der Waals surface area contributed by atoms with Gasteiger partial charge in [-0.1, -0.05) is 17.7 Å². The number of carbonyl (C=O) groups excluding carboxylic acids is 1. The van der Waals surface area contributed by atoms with Gasteiger partial charge < -0.3 is 20.1 Å². The summed E-state index contributed by atoms with van der Waals surface area (Å²) in [5.74, 6) is -1.33. The molecule has 2 aliphatic heterocycles. The van der Waals surface area contributed by atoms with Crippen LogP contribution in [0.1, 0.15) is 41.7 Å². The van der Waals surface area contributed by atoms with E-state index in [0.29, 0.717) is 35.6 Å². The zero-order chi connectivity index (χ0) is 24.4. The molecular formula is C27H31ClF2N4O. The minimum absolute atomic E-state index is 0.105. The molecule has 1 aromatic heterocycles. The van der Waals surface area contributed by atoms with E-state index in [1.165, 1.54) is 5.56 Å². The molecule has 3 heterocycles. The SMILES string of the molecule is O=C(c1cc2cc(F)c(F)cc2[nH]1)N1CCC(CCN2CCCNc3cc(Cl)ccc3CC2)CC1. The number of nitrogens with one attached hydrogen (secondary N) is 2. The number of halogens is 3. The molecule has 0 aliphatic carbocycles. The number of piperidine rings is 1. The summed E-state index contributed by atoms with van der Waals surface area (Å²) in [6, 6.07) is 9.95. The molecule has 1 amide bonds. The first-order valence-corrected chi connectivity index (χ1v) is 12.9. The van der Waals surface area contributed by atoms with Crippen molar-refractivity contribution in [2.45, 2.75) is 32.1 Å². The van der Waals surface area contributed by atoms with Crippen molar-refractivity contribution in [3.8, 4) is 0 Å². The summed E-state index contributed by atoms with van der Waals surface area (Å²) in [5, 5.41) is 4.80. The predicted molar refractivity (Wildman–Crippen MR) is 136 cm³/mol. The molecule has 8 heteroatoms. The number of rotatable bonds is 4. The lowest BCUT2D eigenvalue weighted by Gasteiger charge is -2.33. The molecule has 2 aromatic carbocycles. The van der Waals surface area contributed by atoms with Crippen molar-refractivity contribution in [2.24, 2.45) is 5.92 Å². The highest BCUT2D eigenvalue weighted by molar-refractivity contribution is 6.30. The Bertz CT molecular complexity index is 1170. The zero-order valence-electron chi connectivity index (χ0n) is 19.8. The van der Waals surface area contributed by atoms with E-state index in [9.17, 15) is 13.6 Å². The van der Waals surface area contributed by atoms with Gasteiger partial charge in [0.25, 0.3) is 5.91 Å². The molecule has 2 N–H and O–H groups in total. The van der Waals surface area contributed by atoms with E-state index in [-0.39, 0.29) is 5.91 Å². The molecular weight excluding hydrogens is 470 g/mol. The number of aromatic amines is 1. The number of hydrogen-bond donors (Lipinski definition) is 2. The van der Waals surface area contributed by atoms with Crippen molar-refractivity contribution in [3.63, 3.8) is 0 Å². The lowest BCUT2D eigenvalue weighted by molar-refractivity contribution is 0.0676. The van der Waals surface area contributed by atoms with Crippen molar-refractivity contribution in [2.75, 3.05) is 44.6 Å². The third kappa shape index (κ3) is 5.62. The van der Waals surface area contributed by atoms with E-state index in [4.69, 9.17) is 11.6 Å². The lowest BCUT2D eigenvalue weighted by Crippen LogP contribution is -2.39. The van der Waals surface area contributed by atoms with Crippen molar-refractivity contribution in [1.29, 1.82) is 0 Å². The second-order valence-electron chi connectivity index (χ2n) is 9.73. The standard InChI is InChI=1S/C27H31ClF2N4O/c28-21-3-2-19-7-11-33(9-1-8-31-24(19)16-21)10-4-18-5-12-34(13-6-18)27(35)26-15-20-14-22(29)23(30)17-25(20)32-26/h2-3,14-18,31-32H,1,4-13H2. The molecule has 0 atom stereocenters. The first-order chi connectivity index (χ1) is 17.0. The molecule has 0 radical (unpaired) electrons. The van der Waals surface area contributed by atoms with Gasteiger partial charge in [-0.2, -0.15) is 0 Å². The maximum absolute atomic E-state index is 13.5. The minimum Gasteiger partial charge on any atom is -0.385 e. The van der Waals surface area contributed by atoms with E-state index in [2.05, 4.69) is 21.3 Å². The van der Waals surface area contributed by atoms with Crippen LogP contribution < -0.4 is 5.32 Å². The van der Waals surface area contributed by atoms with Gasteiger partial charge >= 0.3 is 0 Å². The Morgan fingerprint density at radius 3 is 2.66 bits per heavy atom. The van der Waals surface area contributed by atoms with Gasteiger partial charge in [0, 0.05) is 53.9 Å². The Hall–Kier alpha value is -2.64. The van der Waals surface area contributed by atoms with E-state index in [1.54, 1.807) is 6.07 Å². The van der Waals surface area contributed by atoms with Gasteiger partial charge in [-0.05, 0) is 80.9 Å². The van der Waals surface area contributed by atoms with Crippen molar-refractivity contribution in [1.82, 2.24) is 14.8 Å². The summed E-state index contributed by atoms with van der Waals surface area (Å²) in [7, 11) is 0. The smallest absolute Gasteiger partial charge is 0.270 e. The van der Waals surface area contributed by atoms with Gasteiger partial charge in [-0.25, -0.2) is 8.78 Å². The Kier molecular flexibility index (Phi) is 7.25. The van der Waals surface area contributed by atoms with Gasteiger partial charge in [0.2, 0.25) is 0 Å². The molecule has 0 bridgehead atoms. The highest BCUT2D eigenvalue weighted by atomic mass is 35.5. The Labute approximate surface area is 209 Å². The maximum atomic E-state index is 13.5. The highest BCUT2D eigenvalue weighted by Gasteiger charge is 2.25. The van der Waals surface area contributed by atoms with Gasteiger partial charge in [0.05, 0.1) is 0 Å². The lowest BCUT2D eigenvalue weighted by atomic mass is 9.93. The largest absolute Gasteiger partial charge is 0.385 e. The molecule has 1 fully saturated rings. The molecule has 0 spiro atoms. The van der Waals surface area contributed by atoms with E-state index >= 15 is 0 Å².